The second-order valence-electron chi connectivity index (χ2n) is 5.50. The van der Waals surface area contributed by atoms with Crippen LogP contribution in [0.5, 0.6) is 0 Å². The average Bonchev–Trinajstić information content (AvgIpc) is 2.61. The third-order valence-corrected chi connectivity index (χ3v) is 4.71. The normalized spacial score (nSPS) is 36.3. The maximum atomic E-state index is 12.1. The van der Waals surface area contributed by atoms with Crippen LogP contribution in [0, 0.1) is 10.8 Å². The summed E-state index contributed by atoms with van der Waals surface area (Å²) in [6.07, 6.45) is 5.61. The maximum absolute atomic E-state index is 12.1. The number of ether oxygens (including phenoxy) is 1. The highest BCUT2D eigenvalue weighted by Gasteiger charge is 2.52. The van der Waals surface area contributed by atoms with E-state index in [2.05, 4.69) is 0 Å². The number of esters is 1. The first-order valence-corrected chi connectivity index (χ1v) is 6.52. The van der Waals surface area contributed by atoms with Crippen LogP contribution in [-0.2, 0) is 14.3 Å². The van der Waals surface area contributed by atoms with Crippen molar-refractivity contribution in [3.63, 3.8) is 0 Å². The monoisotopic (exact) mass is 239 g/mol. The number of nitrogens with two attached hydrogens (primary N) is 1. The maximum Gasteiger partial charge on any atom is 0.312 e. The summed E-state index contributed by atoms with van der Waals surface area (Å²) >= 11 is 0. The molecule has 0 aromatic rings. The van der Waals surface area contributed by atoms with Crippen LogP contribution in [0.2, 0.25) is 0 Å². The lowest BCUT2D eigenvalue weighted by molar-refractivity contribution is -0.159. The highest BCUT2D eigenvalue weighted by molar-refractivity contribution is 5.83. The lowest BCUT2D eigenvalue weighted by atomic mass is 9.65. The first-order chi connectivity index (χ1) is 8.05. The van der Waals surface area contributed by atoms with Gasteiger partial charge in [0.05, 0.1) is 12.0 Å². The van der Waals surface area contributed by atoms with Gasteiger partial charge in [0, 0.05) is 5.41 Å². The second-order valence-corrected chi connectivity index (χ2v) is 5.50. The van der Waals surface area contributed by atoms with Gasteiger partial charge in [-0.2, -0.15) is 0 Å². The van der Waals surface area contributed by atoms with Crippen molar-refractivity contribution < 1.29 is 14.3 Å². The average molecular weight is 239 g/mol. The van der Waals surface area contributed by atoms with Gasteiger partial charge in [0.2, 0.25) is 5.91 Å². The molecule has 4 nitrogen and oxygen atoms in total. The quantitative estimate of drug-likeness (QED) is 0.763. The fourth-order valence-electron chi connectivity index (χ4n) is 3.43. The van der Waals surface area contributed by atoms with Crippen molar-refractivity contribution in [3.05, 3.63) is 0 Å². The summed E-state index contributed by atoms with van der Waals surface area (Å²) < 4.78 is 5.19. The van der Waals surface area contributed by atoms with E-state index >= 15 is 0 Å². The van der Waals surface area contributed by atoms with Crippen molar-refractivity contribution in [1.82, 2.24) is 0 Å². The summed E-state index contributed by atoms with van der Waals surface area (Å²) in [6.45, 7) is 2.27. The molecule has 0 radical (unpaired) electrons. The summed E-state index contributed by atoms with van der Waals surface area (Å²) in [7, 11) is 0. The third-order valence-electron chi connectivity index (χ3n) is 4.71. The Hall–Kier alpha value is -1.06. The fourth-order valence-corrected chi connectivity index (χ4v) is 3.43. The molecule has 4 heteroatoms. The Balaban J connectivity index is 2.17. The zero-order valence-corrected chi connectivity index (χ0v) is 10.5. The van der Waals surface area contributed by atoms with Gasteiger partial charge in [-0.05, 0) is 45.4 Å². The first-order valence-electron chi connectivity index (χ1n) is 6.52. The van der Waals surface area contributed by atoms with Gasteiger partial charge in [-0.3, -0.25) is 9.59 Å². The van der Waals surface area contributed by atoms with Crippen LogP contribution in [0.15, 0.2) is 0 Å². The van der Waals surface area contributed by atoms with E-state index in [1.54, 1.807) is 0 Å². The summed E-state index contributed by atoms with van der Waals surface area (Å²) in [5.41, 5.74) is 4.86. The predicted molar refractivity (Wildman–Crippen MR) is 63.0 cm³/mol. The summed E-state index contributed by atoms with van der Waals surface area (Å²) in [6, 6.07) is 0. The molecule has 3 fully saturated rings. The lowest BCUT2D eigenvalue weighted by Crippen LogP contribution is -2.43. The van der Waals surface area contributed by atoms with E-state index in [1.165, 1.54) is 0 Å². The van der Waals surface area contributed by atoms with Gasteiger partial charge in [-0.1, -0.05) is 6.42 Å². The molecule has 0 spiro atoms. The first kappa shape index (κ1) is 12.4. The molecule has 2 N–H and O–H groups in total. The van der Waals surface area contributed by atoms with Gasteiger partial charge in [-0.15, -0.1) is 0 Å². The van der Waals surface area contributed by atoms with Crippen molar-refractivity contribution in [2.24, 2.45) is 16.6 Å². The Morgan fingerprint density at radius 3 is 2.12 bits per heavy atom. The molecule has 0 saturated heterocycles. The van der Waals surface area contributed by atoms with E-state index in [9.17, 15) is 9.59 Å². The number of carbonyl (C=O) groups is 2. The van der Waals surface area contributed by atoms with Crippen LogP contribution < -0.4 is 5.73 Å². The molecule has 0 aliphatic heterocycles. The van der Waals surface area contributed by atoms with Gasteiger partial charge in [0.15, 0.2) is 0 Å². The van der Waals surface area contributed by atoms with Crippen molar-refractivity contribution >= 4 is 11.9 Å². The van der Waals surface area contributed by atoms with Crippen molar-refractivity contribution in [1.29, 1.82) is 0 Å². The van der Waals surface area contributed by atoms with Crippen LogP contribution in [0.1, 0.15) is 51.9 Å². The second kappa shape index (κ2) is 4.31. The van der Waals surface area contributed by atoms with E-state index in [1.807, 2.05) is 6.92 Å². The zero-order valence-electron chi connectivity index (χ0n) is 10.5. The molecule has 0 atom stereocenters. The van der Waals surface area contributed by atoms with Crippen molar-refractivity contribution in [3.8, 4) is 0 Å². The van der Waals surface area contributed by atoms with Crippen LogP contribution in [0.25, 0.3) is 0 Å². The van der Waals surface area contributed by atoms with E-state index in [-0.39, 0.29) is 22.7 Å². The van der Waals surface area contributed by atoms with Gasteiger partial charge in [0.25, 0.3) is 0 Å². The molecular weight excluding hydrogens is 218 g/mol. The van der Waals surface area contributed by atoms with Crippen molar-refractivity contribution in [2.45, 2.75) is 51.9 Å². The lowest BCUT2D eigenvalue weighted by Gasteiger charge is -2.39. The Morgan fingerprint density at radius 1 is 1.06 bits per heavy atom. The predicted octanol–water partition coefficient (Wildman–Crippen LogP) is 1.77. The summed E-state index contributed by atoms with van der Waals surface area (Å²) in [5, 5.41) is 0. The molecule has 1 amide bonds. The van der Waals surface area contributed by atoms with Crippen LogP contribution in [0.3, 0.4) is 0 Å². The van der Waals surface area contributed by atoms with E-state index in [0.717, 1.165) is 44.9 Å². The minimum Gasteiger partial charge on any atom is -0.466 e. The number of carbonyl (C=O) groups excluding carboxylic acids is 2. The van der Waals surface area contributed by atoms with E-state index in [0.29, 0.717) is 6.61 Å². The number of rotatable bonds is 3. The fraction of sp³-hybridized carbons (Fsp3) is 0.846. The number of hydrogen-bond acceptors (Lipinski definition) is 3. The van der Waals surface area contributed by atoms with Crippen LogP contribution >= 0.6 is 0 Å². The Bertz CT molecular complexity index is 330. The number of amides is 1. The van der Waals surface area contributed by atoms with Gasteiger partial charge < -0.3 is 10.5 Å². The summed E-state index contributed by atoms with van der Waals surface area (Å²) in [4.78, 5) is 23.7. The zero-order chi connectivity index (χ0) is 12.5. The van der Waals surface area contributed by atoms with Crippen LogP contribution in [0.4, 0.5) is 0 Å². The highest BCUT2D eigenvalue weighted by Crippen LogP contribution is 2.54. The highest BCUT2D eigenvalue weighted by atomic mass is 16.5. The van der Waals surface area contributed by atoms with Crippen molar-refractivity contribution in [2.75, 3.05) is 6.61 Å². The summed E-state index contributed by atoms with van der Waals surface area (Å²) in [5.74, 6) is -0.253. The largest absolute Gasteiger partial charge is 0.466 e. The minimum atomic E-state index is -0.341. The molecule has 3 saturated carbocycles. The molecule has 3 aliphatic rings. The topological polar surface area (TPSA) is 69.4 Å². The molecular formula is C13H21NO3. The molecule has 0 unspecified atom stereocenters. The Morgan fingerprint density at radius 2 is 1.59 bits per heavy atom. The minimum absolute atomic E-state index is 0.0695. The molecule has 3 rings (SSSR count). The number of hydrogen-bond donors (Lipinski definition) is 1. The molecule has 3 aliphatic carbocycles. The molecule has 2 bridgehead atoms. The Kier molecular flexibility index (Phi) is 3.15. The Labute approximate surface area is 102 Å². The third kappa shape index (κ3) is 1.94. The van der Waals surface area contributed by atoms with Crippen LogP contribution in [-0.4, -0.2) is 18.5 Å². The van der Waals surface area contributed by atoms with Gasteiger partial charge in [-0.25, -0.2) is 0 Å². The number of fused-ring (bicyclic) bond motifs is 4. The van der Waals surface area contributed by atoms with Gasteiger partial charge in [0.1, 0.15) is 0 Å². The van der Waals surface area contributed by atoms with E-state index < -0.39 is 0 Å². The molecule has 0 heterocycles. The SMILES string of the molecule is CCOC(=O)C12CCCC(C(N)=O)(CC1)CC2. The van der Waals surface area contributed by atoms with Gasteiger partial charge >= 0.3 is 5.97 Å². The number of primary amides is 1. The molecule has 0 aromatic heterocycles. The standard InChI is InChI=1S/C13H21NO3/c1-2-17-11(16)13-5-3-4-12(6-8-13,7-9-13)10(14)15/h2-9H2,1H3,(H2,14,15). The molecule has 96 valence electrons. The molecule has 0 aromatic carbocycles. The van der Waals surface area contributed by atoms with E-state index in [4.69, 9.17) is 10.5 Å². The smallest absolute Gasteiger partial charge is 0.312 e. The molecule has 17 heavy (non-hydrogen) atoms.